The SMILES string of the molecule is Cn1cc(Nc2ncc(-c3ccc(C(F)(F)F)cc3F)c(Nc3cc(N)ccc3F)n2)cn1. The van der Waals surface area contributed by atoms with Crippen LogP contribution < -0.4 is 16.4 Å². The van der Waals surface area contributed by atoms with Crippen LogP contribution in [0.4, 0.5) is 50.8 Å². The Kier molecular flexibility index (Phi) is 5.58. The monoisotopic (exact) mass is 461 g/mol. The maximum atomic E-state index is 14.7. The molecule has 33 heavy (non-hydrogen) atoms. The van der Waals surface area contributed by atoms with E-state index in [-0.39, 0.29) is 34.3 Å². The first-order valence-electron chi connectivity index (χ1n) is 9.42. The highest BCUT2D eigenvalue weighted by Crippen LogP contribution is 2.36. The highest BCUT2D eigenvalue weighted by Gasteiger charge is 2.31. The summed E-state index contributed by atoms with van der Waals surface area (Å²) in [6, 6.07) is 5.87. The van der Waals surface area contributed by atoms with Crippen molar-refractivity contribution in [3.63, 3.8) is 0 Å². The molecular weight excluding hydrogens is 445 g/mol. The zero-order chi connectivity index (χ0) is 23.8. The second-order valence-corrected chi connectivity index (χ2v) is 7.04. The molecule has 0 spiro atoms. The first kappa shape index (κ1) is 22.0. The minimum absolute atomic E-state index is 0.0137. The number of halogens is 5. The fourth-order valence-corrected chi connectivity index (χ4v) is 3.03. The van der Waals surface area contributed by atoms with E-state index in [1.165, 1.54) is 29.2 Å². The molecule has 0 fully saturated rings. The number of aryl methyl sites for hydroxylation is 1. The van der Waals surface area contributed by atoms with Crippen molar-refractivity contribution in [1.29, 1.82) is 0 Å². The molecule has 0 aliphatic heterocycles. The maximum absolute atomic E-state index is 14.7. The van der Waals surface area contributed by atoms with Gasteiger partial charge in [-0.3, -0.25) is 4.68 Å². The van der Waals surface area contributed by atoms with Crippen molar-refractivity contribution in [2.24, 2.45) is 7.05 Å². The van der Waals surface area contributed by atoms with Gasteiger partial charge in [-0.2, -0.15) is 23.3 Å². The molecule has 2 aromatic carbocycles. The number of hydrogen-bond acceptors (Lipinski definition) is 6. The first-order chi connectivity index (χ1) is 15.6. The molecule has 0 radical (unpaired) electrons. The Hall–Kier alpha value is -4.22. The Morgan fingerprint density at radius 3 is 2.39 bits per heavy atom. The third kappa shape index (κ3) is 4.84. The molecule has 12 heteroatoms. The van der Waals surface area contributed by atoms with E-state index in [1.807, 2.05) is 0 Å². The van der Waals surface area contributed by atoms with Crippen molar-refractivity contribution < 1.29 is 22.0 Å². The van der Waals surface area contributed by atoms with E-state index >= 15 is 0 Å². The van der Waals surface area contributed by atoms with Crippen molar-refractivity contribution in [1.82, 2.24) is 19.7 Å². The summed E-state index contributed by atoms with van der Waals surface area (Å²) in [6.45, 7) is 0. The van der Waals surface area contributed by atoms with Crippen LogP contribution in [0.1, 0.15) is 5.56 Å². The van der Waals surface area contributed by atoms with Gasteiger partial charge in [0.05, 0.1) is 23.1 Å². The molecule has 0 amide bonds. The van der Waals surface area contributed by atoms with Crippen molar-refractivity contribution in [3.05, 3.63) is 72.2 Å². The average molecular weight is 461 g/mol. The zero-order valence-corrected chi connectivity index (χ0v) is 17.0. The van der Waals surface area contributed by atoms with Crippen LogP contribution in [-0.4, -0.2) is 19.7 Å². The zero-order valence-electron chi connectivity index (χ0n) is 17.0. The van der Waals surface area contributed by atoms with Crippen LogP contribution in [0.25, 0.3) is 11.1 Å². The van der Waals surface area contributed by atoms with Gasteiger partial charge in [0.2, 0.25) is 5.95 Å². The van der Waals surface area contributed by atoms with Gasteiger partial charge in [0.15, 0.2) is 0 Å². The second kappa shape index (κ2) is 8.37. The van der Waals surface area contributed by atoms with Crippen molar-refractivity contribution in [3.8, 4) is 11.1 Å². The van der Waals surface area contributed by atoms with Gasteiger partial charge in [0.1, 0.15) is 17.5 Å². The van der Waals surface area contributed by atoms with Crippen molar-refractivity contribution in [2.75, 3.05) is 16.4 Å². The van der Waals surface area contributed by atoms with E-state index in [1.54, 1.807) is 13.2 Å². The molecule has 4 aromatic rings. The van der Waals surface area contributed by atoms with Crippen LogP contribution in [0.3, 0.4) is 0 Å². The number of nitrogen functional groups attached to an aromatic ring is 1. The first-order valence-corrected chi connectivity index (χ1v) is 9.42. The molecule has 2 aromatic heterocycles. The lowest BCUT2D eigenvalue weighted by Gasteiger charge is -2.15. The lowest BCUT2D eigenvalue weighted by atomic mass is 10.0. The largest absolute Gasteiger partial charge is 0.416 e. The minimum atomic E-state index is -4.71. The smallest absolute Gasteiger partial charge is 0.399 e. The molecular formula is C21H16F5N7. The summed E-state index contributed by atoms with van der Waals surface area (Å²) in [5.74, 6) is -1.80. The second-order valence-electron chi connectivity index (χ2n) is 7.04. The highest BCUT2D eigenvalue weighted by molar-refractivity contribution is 5.80. The van der Waals surface area contributed by atoms with Crippen LogP contribution in [0.15, 0.2) is 55.0 Å². The van der Waals surface area contributed by atoms with Crippen LogP contribution in [0.2, 0.25) is 0 Å². The molecule has 0 saturated carbocycles. The lowest BCUT2D eigenvalue weighted by Crippen LogP contribution is -2.07. The Morgan fingerprint density at radius 1 is 0.939 bits per heavy atom. The topological polar surface area (TPSA) is 93.7 Å². The number of alkyl halides is 3. The number of rotatable bonds is 5. The lowest BCUT2D eigenvalue weighted by molar-refractivity contribution is -0.137. The quantitative estimate of drug-likeness (QED) is 0.278. The van der Waals surface area contributed by atoms with E-state index in [9.17, 15) is 22.0 Å². The standard InChI is InChI=1S/C21H16F5N7/c1-33-10-13(8-29-33)30-20-28-9-15(14-4-2-11(6-17(14)23)21(24,25)26)19(32-20)31-18-7-12(27)3-5-16(18)22/h2-10H,27H2,1H3,(H2,28,30,31,32). The number of aromatic nitrogens is 4. The molecule has 0 atom stereocenters. The summed E-state index contributed by atoms with van der Waals surface area (Å²) in [4.78, 5) is 8.37. The maximum Gasteiger partial charge on any atom is 0.416 e. The molecule has 0 unspecified atom stereocenters. The fourth-order valence-electron chi connectivity index (χ4n) is 3.03. The van der Waals surface area contributed by atoms with Gasteiger partial charge in [0.25, 0.3) is 0 Å². The number of benzene rings is 2. The third-order valence-electron chi connectivity index (χ3n) is 4.58. The summed E-state index contributed by atoms with van der Waals surface area (Å²) < 4.78 is 69.3. The van der Waals surface area contributed by atoms with Crippen LogP contribution in [0, 0.1) is 11.6 Å². The van der Waals surface area contributed by atoms with Gasteiger partial charge in [0, 0.05) is 36.3 Å². The van der Waals surface area contributed by atoms with Crippen molar-refractivity contribution in [2.45, 2.75) is 6.18 Å². The third-order valence-corrected chi connectivity index (χ3v) is 4.58. The predicted octanol–water partition coefficient (Wildman–Crippen LogP) is 5.24. The summed E-state index contributed by atoms with van der Waals surface area (Å²) >= 11 is 0. The van der Waals surface area contributed by atoms with E-state index in [2.05, 4.69) is 25.7 Å². The van der Waals surface area contributed by atoms with Crippen LogP contribution in [-0.2, 0) is 13.2 Å². The molecule has 4 rings (SSSR count). The molecule has 2 heterocycles. The Labute approximate surface area is 184 Å². The number of nitrogens with zero attached hydrogens (tertiary/aromatic N) is 4. The Morgan fingerprint density at radius 2 is 1.73 bits per heavy atom. The van der Waals surface area contributed by atoms with Gasteiger partial charge >= 0.3 is 6.18 Å². The number of anilines is 5. The summed E-state index contributed by atoms with van der Waals surface area (Å²) in [6.07, 6.45) is -0.335. The van der Waals surface area contributed by atoms with E-state index in [0.29, 0.717) is 11.8 Å². The predicted molar refractivity (Wildman–Crippen MR) is 113 cm³/mol. The minimum Gasteiger partial charge on any atom is -0.399 e. The molecule has 4 N–H and O–H groups in total. The van der Waals surface area contributed by atoms with E-state index in [4.69, 9.17) is 5.73 Å². The number of nitrogens with one attached hydrogen (secondary N) is 2. The van der Waals surface area contributed by atoms with Gasteiger partial charge in [-0.15, -0.1) is 0 Å². The van der Waals surface area contributed by atoms with E-state index in [0.717, 1.165) is 18.2 Å². The Balaban J connectivity index is 1.79. The molecule has 170 valence electrons. The van der Waals surface area contributed by atoms with Gasteiger partial charge < -0.3 is 16.4 Å². The normalized spacial score (nSPS) is 11.5. The summed E-state index contributed by atoms with van der Waals surface area (Å²) in [5.41, 5.74) is 5.13. The number of hydrogen-bond donors (Lipinski definition) is 3. The summed E-state index contributed by atoms with van der Waals surface area (Å²) in [5, 5.41) is 9.63. The molecule has 0 saturated heterocycles. The molecule has 7 nitrogen and oxygen atoms in total. The van der Waals surface area contributed by atoms with Gasteiger partial charge in [-0.25, -0.2) is 13.8 Å². The summed E-state index contributed by atoms with van der Waals surface area (Å²) in [7, 11) is 1.71. The van der Waals surface area contributed by atoms with Gasteiger partial charge in [-0.05, 0) is 30.3 Å². The van der Waals surface area contributed by atoms with Gasteiger partial charge in [-0.1, -0.05) is 6.07 Å². The highest BCUT2D eigenvalue weighted by atomic mass is 19.4. The average Bonchev–Trinajstić information content (AvgIpc) is 3.15. The van der Waals surface area contributed by atoms with Crippen LogP contribution in [0.5, 0.6) is 0 Å². The van der Waals surface area contributed by atoms with Crippen LogP contribution >= 0.6 is 0 Å². The fraction of sp³-hybridized carbons (Fsp3) is 0.0952. The number of nitrogens with two attached hydrogens (primary N) is 1. The molecule has 0 aliphatic rings. The van der Waals surface area contributed by atoms with E-state index < -0.39 is 23.4 Å². The Bertz CT molecular complexity index is 1320. The molecule has 0 aliphatic carbocycles. The van der Waals surface area contributed by atoms with Crippen molar-refractivity contribution >= 4 is 28.8 Å². The molecule has 0 bridgehead atoms.